The molecular formula is C13H23N3O3S. The van der Waals surface area contributed by atoms with E-state index in [9.17, 15) is 8.42 Å². The Morgan fingerprint density at radius 2 is 2.25 bits per heavy atom. The third-order valence-corrected chi connectivity index (χ3v) is 4.88. The van der Waals surface area contributed by atoms with E-state index in [2.05, 4.69) is 15.0 Å². The molecule has 0 spiro atoms. The third-order valence-electron chi connectivity index (χ3n) is 3.41. The fourth-order valence-electron chi connectivity index (χ4n) is 2.14. The first-order valence-corrected chi connectivity index (χ1v) is 8.41. The molecule has 0 bridgehead atoms. The number of hydrogen-bond acceptors (Lipinski definition) is 4. The fraction of sp³-hybridized carbons (Fsp3) is 0.692. The van der Waals surface area contributed by atoms with Crippen molar-refractivity contribution in [3.8, 4) is 0 Å². The van der Waals surface area contributed by atoms with Crippen molar-refractivity contribution in [3.63, 3.8) is 0 Å². The minimum Gasteiger partial charge on any atom is -0.377 e. The Hall–Kier alpha value is -0.890. The van der Waals surface area contributed by atoms with Crippen LogP contribution in [0.3, 0.4) is 0 Å². The molecule has 20 heavy (non-hydrogen) atoms. The zero-order valence-corrected chi connectivity index (χ0v) is 13.0. The standard InChI is InChI=1S/C13H23N3O3S/c1-9(2)14-7-11-6-12(8-15-11)20(17,18)16-13-4-5-19-10(13)3/h6,8-10,13-16H,4-5,7H2,1-3H3. The Labute approximate surface area is 120 Å². The van der Waals surface area contributed by atoms with Crippen molar-refractivity contribution >= 4 is 10.0 Å². The van der Waals surface area contributed by atoms with Crippen molar-refractivity contribution in [2.75, 3.05) is 6.61 Å². The molecule has 1 aliphatic rings. The number of aromatic nitrogens is 1. The van der Waals surface area contributed by atoms with Crippen molar-refractivity contribution in [3.05, 3.63) is 18.0 Å². The largest absolute Gasteiger partial charge is 0.377 e. The Morgan fingerprint density at radius 1 is 1.50 bits per heavy atom. The van der Waals surface area contributed by atoms with Crippen LogP contribution in [0.4, 0.5) is 0 Å². The van der Waals surface area contributed by atoms with E-state index in [1.54, 1.807) is 6.07 Å². The van der Waals surface area contributed by atoms with Gasteiger partial charge in [0.1, 0.15) is 0 Å². The van der Waals surface area contributed by atoms with Gasteiger partial charge in [0.25, 0.3) is 0 Å². The molecule has 1 fully saturated rings. The van der Waals surface area contributed by atoms with Gasteiger partial charge in [-0.25, -0.2) is 13.1 Å². The second-order valence-electron chi connectivity index (χ2n) is 5.49. The lowest BCUT2D eigenvalue weighted by atomic mass is 10.2. The summed E-state index contributed by atoms with van der Waals surface area (Å²) in [5.41, 5.74) is 0.856. The van der Waals surface area contributed by atoms with Gasteiger partial charge in [0, 0.05) is 31.1 Å². The van der Waals surface area contributed by atoms with Crippen LogP contribution in [0.5, 0.6) is 0 Å². The number of nitrogens with one attached hydrogen (secondary N) is 3. The molecule has 0 radical (unpaired) electrons. The van der Waals surface area contributed by atoms with Crippen LogP contribution >= 0.6 is 0 Å². The average molecular weight is 301 g/mol. The Balaban J connectivity index is 2.02. The van der Waals surface area contributed by atoms with Crippen LogP contribution in [0, 0.1) is 0 Å². The van der Waals surface area contributed by atoms with Gasteiger partial charge in [-0.1, -0.05) is 13.8 Å². The van der Waals surface area contributed by atoms with Crippen LogP contribution in [0.1, 0.15) is 32.9 Å². The van der Waals surface area contributed by atoms with Crippen molar-refractivity contribution in [1.82, 2.24) is 15.0 Å². The van der Waals surface area contributed by atoms with Crippen LogP contribution in [-0.2, 0) is 21.3 Å². The topological polar surface area (TPSA) is 83.2 Å². The monoisotopic (exact) mass is 301 g/mol. The van der Waals surface area contributed by atoms with E-state index < -0.39 is 10.0 Å². The van der Waals surface area contributed by atoms with Gasteiger partial charge in [-0.05, 0) is 19.4 Å². The Kier molecular flexibility index (Phi) is 4.85. The number of hydrogen-bond donors (Lipinski definition) is 3. The lowest BCUT2D eigenvalue weighted by Crippen LogP contribution is -2.38. The van der Waals surface area contributed by atoms with Gasteiger partial charge in [-0.3, -0.25) is 0 Å². The van der Waals surface area contributed by atoms with E-state index in [-0.39, 0.29) is 17.0 Å². The lowest BCUT2D eigenvalue weighted by Gasteiger charge is -2.15. The summed E-state index contributed by atoms with van der Waals surface area (Å²) in [6.07, 6.45) is 2.16. The van der Waals surface area contributed by atoms with E-state index >= 15 is 0 Å². The quantitative estimate of drug-likeness (QED) is 0.731. The average Bonchev–Trinajstić information content (AvgIpc) is 2.97. The van der Waals surface area contributed by atoms with Gasteiger partial charge < -0.3 is 15.0 Å². The molecule has 2 atom stereocenters. The molecule has 114 valence electrons. The highest BCUT2D eigenvalue weighted by atomic mass is 32.2. The van der Waals surface area contributed by atoms with Crippen LogP contribution in [-0.4, -0.2) is 38.2 Å². The van der Waals surface area contributed by atoms with Crippen LogP contribution in [0.2, 0.25) is 0 Å². The number of sulfonamides is 1. The first-order valence-electron chi connectivity index (χ1n) is 6.93. The number of rotatable bonds is 6. The molecule has 1 aromatic rings. The molecule has 6 nitrogen and oxygen atoms in total. The first-order chi connectivity index (χ1) is 9.38. The molecule has 0 aromatic carbocycles. The summed E-state index contributed by atoms with van der Waals surface area (Å²) < 4.78 is 32.6. The van der Waals surface area contributed by atoms with Gasteiger partial charge in [0.05, 0.1) is 17.0 Å². The van der Waals surface area contributed by atoms with Gasteiger partial charge in [-0.2, -0.15) is 0 Å². The predicted molar refractivity (Wildman–Crippen MR) is 76.9 cm³/mol. The summed E-state index contributed by atoms with van der Waals surface area (Å²) in [6.45, 7) is 7.20. The van der Waals surface area contributed by atoms with Crippen molar-refractivity contribution in [2.24, 2.45) is 0 Å². The number of aromatic amines is 1. The van der Waals surface area contributed by atoms with Gasteiger partial charge in [0.15, 0.2) is 0 Å². The fourth-order valence-corrected chi connectivity index (χ4v) is 3.50. The zero-order valence-electron chi connectivity index (χ0n) is 12.1. The maximum atomic E-state index is 12.3. The molecule has 2 unspecified atom stereocenters. The van der Waals surface area contributed by atoms with E-state index in [0.29, 0.717) is 25.6 Å². The molecule has 2 heterocycles. The second-order valence-corrected chi connectivity index (χ2v) is 7.20. The maximum absolute atomic E-state index is 12.3. The molecule has 0 amide bonds. The molecule has 7 heteroatoms. The summed E-state index contributed by atoms with van der Waals surface area (Å²) >= 11 is 0. The molecule has 0 saturated carbocycles. The third kappa shape index (κ3) is 3.82. The summed E-state index contributed by atoms with van der Waals surface area (Å²) in [6, 6.07) is 1.87. The molecular weight excluding hydrogens is 278 g/mol. The van der Waals surface area contributed by atoms with Crippen LogP contribution < -0.4 is 10.0 Å². The Morgan fingerprint density at radius 3 is 2.85 bits per heavy atom. The molecule has 1 aromatic heterocycles. The SMILES string of the molecule is CC(C)NCc1cc(S(=O)(=O)NC2CCOC2C)c[nH]1. The van der Waals surface area contributed by atoms with E-state index in [1.165, 1.54) is 6.20 Å². The first kappa shape index (κ1) is 15.5. The van der Waals surface area contributed by atoms with Crippen LogP contribution in [0.25, 0.3) is 0 Å². The summed E-state index contributed by atoms with van der Waals surface area (Å²) in [7, 11) is -3.48. The summed E-state index contributed by atoms with van der Waals surface area (Å²) in [5, 5.41) is 3.24. The molecule has 2 rings (SSSR count). The van der Waals surface area contributed by atoms with Gasteiger partial charge >= 0.3 is 0 Å². The highest BCUT2D eigenvalue weighted by Gasteiger charge is 2.29. The number of ether oxygens (including phenoxy) is 1. The minimum absolute atomic E-state index is 0.0780. The van der Waals surface area contributed by atoms with Gasteiger partial charge in [0.2, 0.25) is 10.0 Å². The molecule has 1 saturated heterocycles. The molecule has 0 aliphatic carbocycles. The maximum Gasteiger partial charge on any atom is 0.242 e. The van der Waals surface area contributed by atoms with Crippen LogP contribution in [0.15, 0.2) is 17.2 Å². The van der Waals surface area contributed by atoms with E-state index in [4.69, 9.17) is 4.74 Å². The smallest absolute Gasteiger partial charge is 0.242 e. The Bertz CT molecular complexity index is 539. The van der Waals surface area contributed by atoms with Crippen molar-refractivity contribution in [1.29, 1.82) is 0 Å². The van der Waals surface area contributed by atoms with Crippen molar-refractivity contribution < 1.29 is 13.2 Å². The highest BCUT2D eigenvalue weighted by molar-refractivity contribution is 7.89. The second kappa shape index (κ2) is 6.26. The predicted octanol–water partition coefficient (Wildman–Crippen LogP) is 0.968. The normalized spacial score (nSPS) is 23.6. The molecule has 1 aliphatic heterocycles. The highest BCUT2D eigenvalue weighted by Crippen LogP contribution is 2.17. The van der Waals surface area contributed by atoms with Gasteiger partial charge in [-0.15, -0.1) is 0 Å². The van der Waals surface area contributed by atoms with E-state index in [0.717, 1.165) is 5.69 Å². The minimum atomic E-state index is -3.48. The zero-order chi connectivity index (χ0) is 14.8. The lowest BCUT2D eigenvalue weighted by molar-refractivity contribution is 0.117. The number of H-pyrrole nitrogens is 1. The summed E-state index contributed by atoms with van der Waals surface area (Å²) in [5.74, 6) is 0. The van der Waals surface area contributed by atoms with Crippen molar-refractivity contribution in [2.45, 2.75) is 56.8 Å². The molecule has 3 N–H and O–H groups in total. The van der Waals surface area contributed by atoms with E-state index in [1.807, 2.05) is 20.8 Å². The summed E-state index contributed by atoms with van der Waals surface area (Å²) in [4.78, 5) is 3.27.